The molecule has 0 fully saturated rings. The van der Waals surface area contributed by atoms with Gasteiger partial charge >= 0.3 is 16.5 Å². The van der Waals surface area contributed by atoms with Gasteiger partial charge in [-0.25, -0.2) is 31.5 Å². The fourth-order valence-electron chi connectivity index (χ4n) is 6.01. The highest BCUT2D eigenvalue weighted by atomic mass is 32.3. The van der Waals surface area contributed by atoms with Crippen molar-refractivity contribution >= 4 is 137 Å². The lowest BCUT2D eigenvalue weighted by molar-refractivity contribution is -0.432. The maximum Gasteiger partial charge on any atom is 0.397 e. The molecule has 0 spiro atoms. The summed E-state index contributed by atoms with van der Waals surface area (Å²) in [4.78, 5) is 9.55. The molecule has 6 aromatic rings. The minimum Gasteiger partial charge on any atom is -0.505 e. The van der Waals surface area contributed by atoms with Crippen molar-refractivity contribution in [3.8, 4) is 5.75 Å². The predicted octanol–water partition coefficient (Wildman–Crippen LogP) is 6.56. The molecule has 0 saturated heterocycles. The summed E-state index contributed by atoms with van der Waals surface area (Å²) in [6, 6.07) is 16.1. The quantitative estimate of drug-likeness (QED) is 0.00693. The van der Waals surface area contributed by atoms with Crippen molar-refractivity contribution in [2.24, 2.45) is 20.5 Å². The molecule has 0 saturated carbocycles. The van der Waals surface area contributed by atoms with Crippen LogP contribution in [0.15, 0.2) is 125 Å². The zero-order chi connectivity index (χ0) is 54.8. The van der Waals surface area contributed by atoms with E-state index in [2.05, 4.69) is 74.3 Å². The summed E-state index contributed by atoms with van der Waals surface area (Å²) in [6.45, 7) is -0.873. The molecule has 6 rings (SSSR count). The fourth-order valence-corrected chi connectivity index (χ4v) is 11.0. The van der Waals surface area contributed by atoms with Crippen molar-refractivity contribution in [3.63, 3.8) is 0 Å². The molecule has 9 N–H and O–H groups in total. The third-order valence-corrected chi connectivity index (χ3v) is 15.9. The normalized spacial score (nSPS) is 12.7. The average molecular weight is 1190 g/mol. The van der Waals surface area contributed by atoms with Crippen molar-refractivity contribution < 1.29 is 98.7 Å². The van der Waals surface area contributed by atoms with Gasteiger partial charge in [0.1, 0.15) is 27.8 Å². The third-order valence-electron chi connectivity index (χ3n) is 9.19. The van der Waals surface area contributed by atoms with Crippen LogP contribution < -0.4 is 16.0 Å². The molecule has 0 amide bonds. The number of benzene rings is 5. The first-order valence-corrected chi connectivity index (χ1v) is 29.1. The van der Waals surface area contributed by atoms with Gasteiger partial charge in [0.15, 0.2) is 25.4 Å². The van der Waals surface area contributed by atoms with Gasteiger partial charge in [0.2, 0.25) is 11.9 Å². The van der Waals surface area contributed by atoms with E-state index in [1.807, 2.05) is 0 Å². The first-order chi connectivity index (χ1) is 35.2. The SMILES string of the molecule is O=S(=O)(O)CNc1ccc2c(O)c(N=Nc3cc(Nc4nc(F)nc(Nc5ccc(S(=O)(=O)CCOS(=O)(=O)O)cc5)n4)ccc3S(=O)(=O)O)c(SOOO)cc2c1N=Nc1ccc(S(=O)(=O)CCSOOO)cc1. The van der Waals surface area contributed by atoms with Crippen LogP contribution in [0.2, 0.25) is 0 Å². The zero-order valence-corrected chi connectivity index (χ0v) is 42.5. The Morgan fingerprint density at radius 3 is 1.85 bits per heavy atom. The number of nitrogens with one attached hydrogen (secondary N) is 3. The van der Waals surface area contributed by atoms with Gasteiger partial charge in [0, 0.05) is 39.9 Å². The lowest BCUT2D eigenvalue weighted by Gasteiger charge is -2.14. The number of fused-ring (bicyclic) bond motifs is 1. The number of nitrogens with zero attached hydrogens (tertiary/aromatic N) is 7. The van der Waals surface area contributed by atoms with Gasteiger partial charge in [-0.3, -0.25) is 13.7 Å². The van der Waals surface area contributed by atoms with E-state index in [0.717, 1.165) is 30.3 Å². The minimum atomic E-state index is -5.09. The van der Waals surface area contributed by atoms with Gasteiger partial charge in [-0.05, 0) is 84.9 Å². The number of rotatable bonds is 26. The van der Waals surface area contributed by atoms with Gasteiger partial charge in [-0.15, -0.1) is 24.0 Å². The molecular formula is C36H33FN10O21S7. The van der Waals surface area contributed by atoms with E-state index in [1.54, 1.807) is 0 Å². The van der Waals surface area contributed by atoms with Crippen LogP contribution in [-0.2, 0) is 73.2 Å². The molecule has 402 valence electrons. The molecule has 75 heavy (non-hydrogen) atoms. The molecule has 0 radical (unpaired) electrons. The minimum absolute atomic E-state index is 0.0519. The monoisotopic (exact) mass is 1180 g/mol. The van der Waals surface area contributed by atoms with Gasteiger partial charge < -0.3 is 21.1 Å². The summed E-state index contributed by atoms with van der Waals surface area (Å²) in [5.41, 5.74) is -1.45. The Hall–Kier alpha value is -6.25. The molecule has 0 aliphatic rings. The largest absolute Gasteiger partial charge is 0.505 e. The van der Waals surface area contributed by atoms with Crippen LogP contribution >= 0.6 is 24.1 Å². The van der Waals surface area contributed by atoms with Crippen molar-refractivity contribution in [2.45, 2.75) is 19.6 Å². The van der Waals surface area contributed by atoms with Gasteiger partial charge in [-0.2, -0.15) is 49.7 Å². The topological polar surface area (TPSA) is 462 Å². The number of aromatic nitrogens is 3. The Balaban J connectivity index is 1.32. The summed E-state index contributed by atoms with van der Waals surface area (Å²) >= 11 is 0.721. The standard InChI is InChI=1S/C36H33FN10O21S7/c37-34-41-35(39-20-1-6-23(7-2-20)71(51,52)15-13-64-75(61,62)63)43-36(42-34)40-22-5-12-30(74(58,59)60)28(17-22)45-47-32-29(70-68-66-50)18-26-25(33(32)48)10-11-27(38-19-73(55,56)57)31(26)46-44-21-3-8-24(9-4-21)72(53,54)16-14-69-67-65-49/h1-12,17-18,38,48-50H,13-16,19H2,(H,55,56,57)(H,58,59,60)(H,61,62,63)(H2,39,40,41,42,43). The molecule has 1 aromatic heterocycles. The summed E-state index contributed by atoms with van der Waals surface area (Å²) in [7, 11) is -22.6. The first-order valence-electron chi connectivity index (χ1n) is 19.7. The Morgan fingerprint density at radius 1 is 0.640 bits per heavy atom. The third kappa shape index (κ3) is 16.6. The van der Waals surface area contributed by atoms with Gasteiger partial charge in [0.25, 0.3) is 20.2 Å². The van der Waals surface area contributed by atoms with Crippen molar-refractivity contribution in [1.82, 2.24) is 15.0 Å². The number of halogens is 1. The highest BCUT2D eigenvalue weighted by molar-refractivity contribution is 7.97. The highest BCUT2D eigenvalue weighted by Gasteiger charge is 2.23. The smallest absolute Gasteiger partial charge is 0.397 e. The maximum atomic E-state index is 14.7. The second-order valence-corrected chi connectivity index (χ2v) is 23.9. The van der Waals surface area contributed by atoms with Gasteiger partial charge in [-0.1, -0.05) is 10.1 Å². The first kappa shape index (κ1) is 58.0. The van der Waals surface area contributed by atoms with Crippen molar-refractivity contribution in [3.05, 3.63) is 91.0 Å². The number of sulfone groups is 2. The Kier molecular flexibility index (Phi) is 19.0. The number of phenols is 1. The second-order valence-electron chi connectivity index (χ2n) is 14.2. The van der Waals surface area contributed by atoms with Crippen LogP contribution in [0.5, 0.6) is 5.75 Å². The summed E-state index contributed by atoms with van der Waals surface area (Å²) < 4.78 is 176. The van der Waals surface area contributed by atoms with Crippen LogP contribution in [0, 0.1) is 6.08 Å². The van der Waals surface area contributed by atoms with E-state index in [4.69, 9.17) is 15.1 Å². The molecule has 0 atom stereocenters. The van der Waals surface area contributed by atoms with Crippen LogP contribution in [0.25, 0.3) is 10.8 Å². The van der Waals surface area contributed by atoms with Crippen LogP contribution in [0.4, 0.5) is 56.1 Å². The second kappa shape index (κ2) is 24.6. The summed E-state index contributed by atoms with van der Waals surface area (Å²) in [5, 5.41) is 59.7. The van der Waals surface area contributed by atoms with E-state index >= 15 is 0 Å². The Labute approximate surface area is 430 Å². The van der Waals surface area contributed by atoms with E-state index in [-0.39, 0.29) is 71.7 Å². The summed E-state index contributed by atoms with van der Waals surface area (Å²) in [6.07, 6.45) is -1.35. The van der Waals surface area contributed by atoms with E-state index in [9.17, 15) is 60.7 Å². The van der Waals surface area contributed by atoms with E-state index in [1.165, 1.54) is 54.6 Å². The number of hydrogen-bond acceptors (Lipinski definition) is 30. The Morgan fingerprint density at radius 2 is 1.24 bits per heavy atom. The maximum absolute atomic E-state index is 14.7. The summed E-state index contributed by atoms with van der Waals surface area (Å²) in [5.74, 6) is -4.10. The molecule has 5 aromatic carbocycles. The van der Waals surface area contributed by atoms with Crippen molar-refractivity contribution in [1.29, 1.82) is 0 Å². The van der Waals surface area contributed by atoms with E-state index < -0.39 is 114 Å². The average Bonchev–Trinajstić information content (AvgIpc) is 3.32. The van der Waals surface area contributed by atoms with Crippen LogP contribution in [0.3, 0.4) is 0 Å². The number of aromatic hydroxyl groups is 1. The molecule has 31 nitrogen and oxygen atoms in total. The van der Waals surface area contributed by atoms with E-state index in [0.29, 0.717) is 12.0 Å². The van der Waals surface area contributed by atoms with Crippen molar-refractivity contribution in [2.75, 3.05) is 45.7 Å². The van der Waals surface area contributed by atoms with Crippen LogP contribution in [-0.4, -0.2) is 116 Å². The molecule has 39 heteroatoms. The Bertz CT molecular complexity index is 3720. The fraction of sp³-hybridized carbons (Fsp3) is 0.139. The zero-order valence-electron chi connectivity index (χ0n) is 36.8. The lowest BCUT2D eigenvalue weighted by atomic mass is 10.1. The molecule has 0 bridgehead atoms. The number of anilines is 5. The molecule has 0 aliphatic heterocycles. The van der Waals surface area contributed by atoms with Gasteiger partial charge in [0.05, 0.1) is 56.2 Å². The lowest BCUT2D eigenvalue weighted by Crippen LogP contribution is -2.15. The molecule has 0 aliphatic carbocycles. The molecule has 0 unspecified atom stereocenters. The predicted molar refractivity (Wildman–Crippen MR) is 259 cm³/mol. The highest BCUT2D eigenvalue weighted by Crippen LogP contribution is 2.48. The number of hydrogen-bond donors (Lipinski definition) is 9. The molecule has 1 heterocycles. The number of azo groups is 2. The number of phenolic OH excluding ortho intramolecular Hbond substituents is 1. The molecular weight excluding hydrogens is 1150 g/mol. The van der Waals surface area contributed by atoms with Crippen LogP contribution in [0.1, 0.15) is 0 Å².